The highest BCUT2D eigenvalue weighted by molar-refractivity contribution is 5.84. The van der Waals surface area contributed by atoms with Crippen molar-refractivity contribution in [2.75, 3.05) is 39.4 Å². The van der Waals surface area contributed by atoms with E-state index in [0.717, 1.165) is 0 Å². The summed E-state index contributed by atoms with van der Waals surface area (Å²) in [5, 5.41) is 5.52. The lowest BCUT2D eigenvalue weighted by molar-refractivity contribution is -0.134. The van der Waals surface area contributed by atoms with Crippen LogP contribution in [0.1, 0.15) is 32.6 Å². The molecule has 20 heavy (non-hydrogen) atoms. The summed E-state index contributed by atoms with van der Waals surface area (Å²) in [6.07, 6.45) is 4.82. The molecule has 0 bridgehead atoms. The second-order valence-corrected chi connectivity index (χ2v) is 6.05. The van der Waals surface area contributed by atoms with E-state index in [2.05, 4.69) is 17.6 Å². The molecule has 2 fully saturated rings. The molecule has 6 nitrogen and oxygen atoms in total. The summed E-state index contributed by atoms with van der Waals surface area (Å²) in [4.78, 5) is 25.3. The Morgan fingerprint density at radius 2 is 1.80 bits per heavy atom. The smallest absolute Gasteiger partial charge is 0.315 e. The van der Waals surface area contributed by atoms with Gasteiger partial charge >= 0.3 is 6.03 Å². The Morgan fingerprint density at radius 1 is 1.15 bits per heavy atom. The van der Waals surface area contributed by atoms with Crippen molar-refractivity contribution in [1.82, 2.24) is 15.5 Å². The van der Waals surface area contributed by atoms with Gasteiger partial charge in [-0.25, -0.2) is 4.79 Å². The van der Waals surface area contributed by atoms with Gasteiger partial charge in [-0.2, -0.15) is 0 Å². The van der Waals surface area contributed by atoms with Crippen LogP contribution in [0.15, 0.2) is 0 Å². The SMILES string of the molecule is CC1(CNC(=O)NCC(=O)N2CCOCC2)CCCC1. The highest BCUT2D eigenvalue weighted by Crippen LogP contribution is 2.36. The Kier molecular flexibility index (Phi) is 5.23. The molecule has 0 spiro atoms. The number of hydrogen-bond donors (Lipinski definition) is 2. The molecule has 2 N–H and O–H groups in total. The molecular weight excluding hydrogens is 258 g/mol. The largest absolute Gasteiger partial charge is 0.378 e. The number of carbonyl (C=O) groups is 2. The van der Waals surface area contributed by atoms with E-state index >= 15 is 0 Å². The molecule has 0 aromatic heterocycles. The summed E-state index contributed by atoms with van der Waals surface area (Å²) < 4.78 is 5.19. The first kappa shape index (κ1) is 15.1. The number of urea groups is 1. The molecule has 1 aliphatic heterocycles. The summed E-state index contributed by atoms with van der Waals surface area (Å²) in [5.41, 5.74) is 0.228. The normalized spacial score (nSPS) is 21.6. The van der Waals surface area contributed by atoms with Crippen LogP contribution in [0.25, 0.3) is 0 Å². The predicted molar refractivity (Wildman–Crippen MR) is 75.4 cm³/mol. The first-order valence-electron chi connectivity index (χ1n) is 7.46. The van der Waals surface area contributed by atoms with Crippen LogP contribution in [-0.4, -0.2) is 56.2 Å². The number of nitrogens with zero attached hydrogens (tertiary/aromatic N) is 1. The Hall–Kier alpha value is -1.30. The third kappa shape index (κ3) is 4.37. The van der Waals surface area contributed by atoms with Gasteiger partial charge in [-0.3, -0.25) is 4.79 Å². The summed E-state index contributed by atoms with van der Waals surface area (Å²) in [5.74, 6) is -0.0458. The molecule has 2 aliphatic rings. The van der Waals surface area contributed by atoms with Gasteiger partial charge in [0.25, 0.3) is 0 Å². The lowest BCUT2D eigenvalue weighted by Gasteiger charge is -2.27. The fourth-order valence-corrected chi connectivity index (χ4v) is 2.84. The van der Waals surface area contributed by atoms with Crippen molar-refractivity contribution in [3.05, 3.63) is 0 Å². The quantitative estimate of drug-likeness (QED) is 0.799. The van der Waals surface area contributed by atoms with Crippen molar-refractivity contribution in [2.45, 2.75) is 32.6 Å². The zero-order valence-electron chi connectivity index (χ0n) is 12.2. The van der Waals surface area contributed by atoms with Crippen molar-refractivity contribution in [3.8, 4) is 0 Å². The number of amides is 3. The topological polar surface area (TPSA) is 70.7 Å². The van der Waals surface area contributed by atoms with Gasteiger partial charge < -0.3 is 20.3 Å². The van der Waals surface area contributed by atoms with Crippen molar-refractivity contribution in [3.63, 3.8) is 0 Å². The maximum atomic E-state index is 11.9. The maximum Gasteiger partial charge on any atom is 0.315 e. The molecular formula is C14H25N3O3. The monoisotopic (exact) mass is 283 g/mol. The van der Waals surface area contributed by atoms with Crippen molar-refractivity contribution >= 4 is 11.9 Å². The van der Waals surface area contributed by atoms with Crippen LogP contribution < -0.4 is 10.6 Å². The average molecular weight is 283 g/mol. The molecule has 114 valence electrons. The van der Waals surface area contributed by atoms with Gasteiger partial charge in [0.15, 0.2) is 0 Å². The van der Waals surface area contributed by atoms with Crippen molar-refractivity contribution < 1.29 is 14.3 Å². The second kappa shape index (κ2) is 6.92. The number of hydrogen-bond acceptors (Lipinski definition) is 3. The highest BCUT2D eigenvalue weighted by atomic mass is 16.5. The molecule has 0 atom stereocenters. The minimum Gasteiger partial charge on any atom is -0.378 e. The van der Waals surface area contributed by atoms with E-state index in [1.807, 2.05) is 0 Å². The average Bonchev–Trinajstić information content (AvgIpc) is 2.91. The van der Waals surface area contributed by atoms with E-state index in [-0.39, 0.29) is 23.9 Å². The predicted octanol–water partition coefficient (Wildman–Crippen LogP) is 0.725. The van der Waals surface area contributed by atoms with Gasteiger partial charge in [-0.1, -0.05) is 19.8 Å². The van der Waals surface area contributed by atoms with Crippen LogP contribution in [0.5, 0.6) is 0 Å². The minimum atomic E-state index is -0.250. The zero-order chi connectivity index (χ0) is 14.4. The molecule has 2 rings (SSSR count). The highest BCUT2D eigenvalue weighted by Gasteiger charge is 2.28. The first-order chi connectivity index (χ1) is 9.59. The molecule has 3 amide bonds. The summed E-state index contributed by atoms with van der Waals surface area (Å²) in [7, 11) is 0. The van der Waals surface area contributed by atoms with E-state index in [4.69, 9.17) is 4.74 Å². The Bertz CT molecular complexity index is 348. The Morgan fingerprint density at radius 3 is 2.45 bits per heavy atom. The molecule has 0 radical (unpaired) electrons. The summed E-state index contributed by atoms with van der Waals surface area (Å²) in [6.45, 7) is 5.33. The molecule has 1 aliphatic carbocycles. The third-order valence-electron chi connectivity index (χ3n) is 4.25. The van der Waals surface area contributed by atoms with Gasteiger partial charge in [0.1, 0.15) is 0 Å². The van der Waals surface area contributed by atoms with Gasteiger partial charge in [0.2, 0.25) is 5.91 Å². The van der Waals surface area contributed by atoms with E-state index in [9.17, 15) is 9.59 Å². The van der Waals surface area contributed by atoms with Gasteiger partial charge in [-0.05, 0) is 18.3 Å². The van der Waals surface area contributed by atoms with Gasteiger partial charge in [0, 0.05) is 19.6 Å². The van der Waals surface area contributed by atoms with E-state index < -0.39 is 0 Å². The molecule has 1 heterocycles. The molecule has 1 saturated heterocycles. The van der Waals surface area contributed by atoms with Crippen molar-refractivity contribution in [1.29, 1.82) is 0 Å². The van der Waals surface area contributed by atoms with Crippen LogP contribution in [0.4, 0.5) is 4.79 Å². The maximum absolute atomic E-state index is 11.9. The zero-order valence-corrected chi connectivity index (χ0v) is 12.2. The fraction of sp³-hybridized carbons (Fsp3) is 0.857. The van der Waals surface area contributed by atoms with E-state index in [0.29, 0.717) is 32.8 Å². The second-order valence-electron chi connectivity index (χ2n) is 6.05. The lowest BCUT2D eigenvalue weighted by Crippen LogP contribution is -2.48. The summed E-state index contributed by atoms with van der Waals surface area (Å²) in [6, 6.07) is -0.250. The number of morpholine rings is 1. The number of ether oxygens (including phenoxy) is 1. The molecule has 6 heteroatoms. The Balaban J connectivity index is 1.63. The number of rotatable bonds is 4. The molecule has 0 aromatic rings. The number of carbonyl (C=O) groups excluding carboxylic acids is 2. The molecule has 1 saturated carbocycles. The summed E-state index contributed by atoms with van der Waals surface area (Å²) >= 11 is 0. The van der Waals surface area contributed by atoms with Gasteiger partial charge in [-0.15, -0.1) is 0 Å². The van der Waals surface area contributed by atoms with Crippen LogP contribution in [0.3, 0.4) is 0 Å². The van der Waals surface area contributed by atoms with Crippen LogP contribution in [-0.2, 0) is 9.53 Å². The van der Waals surface area contributed by atoms with Crippen LogP contribution in [0.2, 0.25) is 0 Å². The lowest BCUT2D eigenvalue weighted by atomic mass is 9.89. The fourth-order valence-electron chi connectivity index (χ4n) is 2.84. The Labute approximate surface area is 120 Å². The van der Waals surface area contributed by atoms with Crippen LogP contribution >= 0.6 is 0 Å². The van der Waals surface area contributed by atoms with Crippen LogP contribution in [0, 0.1) is 5.41 Å². The van der Waals surface area contributed by atoms with E-state index in [1.54, 1.807) is 4.90 Å². The first-order valence-corrected chi connectivity index (χ1v) is 7.46. The molecule has 0 unspecified atom stereocenters. The molecule has 0 aromatic carbocycles. The number of nitrogens with one attached hydrogen (secondary N) is 2. The minimum absolute atomic E-state index is 0.0458. The van der Waals surface area contributed by atoms with Gasteiger partial charge in [0.05, 0.1) is 19.8 Å². The van der Waals surface area contributed by atoms with E-state index in [1.165, 1.54) is 25.7 Å². The van der Waals surface area contributed by atoms with Crippen molar-refractivity contribution in [2.24, 2.45) is 5.41 Å². The standard InChI is InChI=1S/C14H25N3O3/c1-14(4-2-3-5-14)11-16-13(19)15-10-12(18)17-6-8-20-9-7-17/h2-11H2,1H3,(H2,15,16,19). The third-order valence-corrected chi connectivity index (χ3v) is 4.25.